The highest BCUT2D eigenvalue weighted by molar-refractivity contribution is 6.30. The number of carbonyl (C=O) groups is 2. The highest BCUT2D eigenvalue weighted by atomic mass is 35.5. The van der Waals surface area contributed by atoms with Crippen LogP contribution in [0.15, 0.2) is 24.3 Å². The summed E-state index contributed by atoms with van der Waals surface area (Å²) in [5, 5.41) is 22.2. The lowest BCUT2D eigenvalue weighted by atomic mass is 10.2. The minimum atomic E-state index is -4.73. The zero-order chi connectivity index (χ0) is 18.6. The molecule has 1 amide bonds. The maximum Gasteiger partial charge on any atom is 0.391 e. The Bertz CT molecular complexity index is 763. The first kappa shape index (κ1) is 18.6. The second kappa shape index (κ2) is 7.47. The number of aromatic nitrogens is 4. The van der Waals surface area contributed by atoms with E-state index in [4.69, 9.17) is 16.7 Å². The van der Waals surface area contributed by atoms with Gasteiger partial charge in [-0.05, 0) is 29.5 Å². The molecule has 0 aliphatic carbocycles. The molecule has 0 aliphatic heterocycles. The summed E-state index contributed by atoms with van der Waals surface area (Å²) in [6, 6.07) is 4.34. The molecule has 0 saturated heterocycles. The molecule has 0 spiro atoms. The lowest BCUT2D eigenvalue weighted by Crippen LogP contribution is -2.45. The number of amides is 1. The number of carbonyl (C=O) groups excluding carboxylic acids is 1. The summed E-state index contributed by atoms with van der Waals surface area (Å²) in [6.07, 6.45) is -6.42. The van der Waals surface area contributed by atoms with Crippen molar-refractivity contribution in [2.45, 2.75) is 25.2 Å². The van der Waals surface area contributed by atoms with Gasteiger partial charge in [-0.25, -0.2) is 4.79 Å². The number of tetrazole rings is 1. The van der Waals surface area contributed by atoms with Gasteiger partial charge >= 0.3 is 12.1 Å². The van der Waals surface area contributed by atoms with Crippen molar-refractivity contribution in [3.63, 3.8) is 0 Å². The molecule has 0 fully saturated rings. The van der Waals surface area contributed by atoms with Crippen molar-refractivity contribution in [2.24, 2.45) is 0 Å². The largest absolute Gasteiger partial charge is 0.480 e. The molecule has 0 bridgehead atoms. The number of aliphatic carboxylic acids is 1. The fourth-order valence-corrected chi connectivity index (χ4v) is 1.95. The summed E-state index contributed by atoms with van der Waals surface area (Å²) in [5.41, 5.74) is 0.566. The van der Waals surface area contributed by atoms with E-state index in [2.05, 4.69) is 15.4 Å². The molecule has 12 heteroatoms. The Labute approximate surface area is 143 Å². The van der Waals surface area contributed by atoms with Gasteiger partial charge < -0.3 is 10.4 Å². The van der Waals surface area contributed by atoms with Crippen molar-refractivity contribution >= 4 is 23.5 Å². The highest BCUT2D eigenvalue weighted by Gasteiger charge is 2.36. The fourth-order valence-electron chi connectivity index (χ4n) is 1.82. The van der Waals surface area contributed by atoms with Gasteiger partial charge in [0, 0.05) is 10.6 Å². The zero-order valence-electron chi connectivity index (χ0n) is 12.4. The SMILES string of the molecule is O=C(Cn1nnc(-c2ccc(Cl)cc2)n1)NC(CC(F)(F)F)C(=O)O. The van der Waals surface area contributed by atoms with Crippen LogP contribution in [0.1, 0.15) is 6.42 Å². The lowest BCUT2D eigenvalue weighted by Gasteiger charge is -2.15. The van der Waals surface area contributed by atoms with Gasteiger partial charge in [0.25, 0.3) is 0 Å². The molecule has 2 aromatic rings. The molecule has 1 heterocycles. The third-order valence-electron chi connectivity index (χ3n) is 2.91. The average Bonchev–Trinajstić information content (AvgIpc) is 2.94. The Morgan fingerprint density at radius 3 is 2.48 bits per heavy atom. The number of hydrogen-bond acceptors (Lipinski definition) is 5. The van der Waals surface area contributed by atoms with Gasteiger partial charge in [-0.3, -0.25) is 4.79 Å². The summed E-state index contributed by atoms with van der Waals surface area (Å²) < 4.78 is 36.9. The number of alkyl halides is 3. The van der Waals surface area contributed by atoms with E-state index in [1.54, 1.807) is 29.6 Å². The molecule has 0 radical (unpaired) electrons. The van der Waals surface area contributed by atoms with Crippen LogP contribution in [0.2, 0.25) is 5.02 Å². The van der Waals surface area contributed by atoms with Gasteiger partial charge in [0.15, 0.2) is 0 Å². The predicted octanol–water partition coefficient (Wildman–Crippen LogP) is 1.52. The van der Waals surface area contributed by atoms with Crippen LogP contribution >= 0.6 is 11.6 Å². The monoisotopic (exact) mass is 377 g/mol. The van der Waals surface area contributed by atoms with Crippen LogP contribution in [-0.2, 0) is 16.1 Å². The van der Waals surface area contributed by atoms with Gasteiger partial charge in [0.05, 0.1) is 6.42 Å². The van der Waals surface area contributed by atoms with Crippen LogP contribution in [0.5, 0.6) is 0 Å². The molecular formula is C13H11ClF3N5O3. The van der Waals surface area contributed by atoms with Crippen LogP contribution in [-0.4, -0.2) is 49.4 Å². The van der Waals surface area contributed by atoms with Gasteiger partial charge in [-0.2, -0.15) is 18.0 Å². The van der Waals surface area contributed by atoms with Crippen molar-refractivity contribution in [3.05, 3.63) is 29.3 Å². The van der Waals surface area contributed by atoms with E-state index < -0.39 is 37.1 Å². The van der Waals surface area contributed by atoms with Gasteiger partial charge in [0.2, 0.25) is 11.7 Å². The summed E-state index contributed by atoms with van der Waals surface area (Å²) in [4.78, 5) is 23.4. The maximum atomic E-state index is 12.3. The third kappa shape index (κ3) is 5.71. The molecule has 1 unspecified atom stereocenters. The molecule has 2 N–H and O–H groups in total. The van der Waals surface area contributed by atoms with E-state index in [1.165, 1.54) is 0 Å². The Morgan fingerprint density at radius 2 is 1.92 bits per heavy atom. The second-order valence-electron chi connectivity index (χ2n) is 4.93. The standard InChI is InChI=1S/C13H11ClF3N5O3/c14-8-3-1-7(2-4-8)11-19-21-22(20-11)6-10(23)18-9(12(24)25)5-13(15,16)17/h1-4,9H,5-6H2,(H,18,23)(H,24,25). The van der Waals surface area contributed by atoms with Gasteiger partial charge in [-0.1, -0.05) is 11.6 Å². The number of carboxylic acid groups (broad SMARTS) is 1. The number of benzene rings is 1. The number of nitrogens with zero attached hydrogens (tertiary/aromatic N) is 4. The smallest absolute Gasteiger partial charge is 0.391 e. The van der Waals surface area contributed by atoms with Crippen molar-refractivity contribution in [2.75, 3.05) is 0 Å². The first-order chi connectivity index (χ1) is 11.6. The Morgan fingerprint density at radius 1 is 1.28 bits per heavy atom. The van der Waals surface area contributed by atoms with E-state index in [0.717, 1.165) is 4.80 Å². The van der Waals surface area contributed by atoms with Crippen molar-refractivity contribution in [1.82, 2.24) is 25.5 Å². The van der Waals surface area contributed by atoms with Crippen LogP contribution in [0.4, 0.5) is 13.2 Å². The second-order valence-corrected chi connectivity index (χ2v) is 5.36. The molecule has 2 rings (SSSR count). The quantitative estimate of drug-likeness (QED) is 0.789. The third-order valence-corrected chi connectivity index (χ3v) is 3.16. The van der Waals surface area contributed by atoms with Crippen molar-refractivity contribution in [1.29, 1.82) is 0 Å². The molecule has 25 heavy (non-hydrogen) atoms. The van der Waals surface area contributed by atoms with E-state index in [9.17, 15) is 22.8 Å². The van der Waals surface area contributed by atoms with Crippen LogP contribution in [0, 0.1) is 0 Å². The molecular weight excluding hydrogens is 367 g/mol. The highest BCUT2D eigenvalue weighted by Crippen LogP contribution is 2.21. The van der Waals surface area contributed by atoms with E-state index in [0.29, 0.717) is 10.6 Å². The number of nitrogens with one attached hydrogen (secondary N) is 1. The Hall–Kier alpha value is -2.69. The van der Waals surface area contributed by atoms with E-state index >= 15 is 0 Å². The minimum Gasteiger partial charge on any atom is -0.480 e. The predicted molar refractivity (Wildman–Crippen MR) is 78.5 cm³/mol. The molecule has 8 nitrogen and oxygen atoms in total. The lowest BCUT2D eigenvalue weighted by molar-refractivity contribution is -0.160. The van der Waals surface area contributed by atoms with Crippen molar-refractivity contribution in [3.8, 4) is 11.4 Å². The normalized spacial score (nSPS) is 12.6. The molecule has 0 aliphatic rings. The Balaban J connectivity index is 2.00. The fraction of sp³-hybridized carbons (Fsp3) is 0.308. The summed E-state index contributed by atoms with van der Waals surface area (Å²) in [6.45, 7) is -0.581. The summed E-state index contributed by atoms with van der Waals surface area (Å²) >= 11 is 5.75. The number of carboxylic acids is 1. The topological polar surface area (TPSA) is 110 Å². The Kier molecular flexibility index (Phi) is 5.57. The van der Waals surface area contributed by atoms with Crippen LogP contribution in [0.3, 0.4) is 0 Å². The molecule has 1 aromatic heterocycles. The number of hydrogen-bond donors (Lipinski definition) is 2. The number of rotatable bonds is 6. The molecule has 1 atom stereocenters. The first-order valence-electron chi connectivity index (χ1n) is 6.77. The minimum absolute atomic E-state index is 0.176. The van der Waals surface area contributed by atoms with Gasteiger partial charge in [-0.15, -0.1) is 10.2 Å². The molecule has 0 saturated carbocycles. The molecule has 134 valence electrons. The van der Waals surface area contributed by atoms with E-state index in [-0.39, 0.29) is 5.82 Å². The number of halogens is 4. The van der Waals surface area contributed by atoms with Crippen LogP contribution in [0.25, 0.3) is 11.4 Å². The summed E-state index contributed by atoms with van der Waals surface area (Å²) in [7, 11) is 0. The average molecular weight is 378 g/mol. The van der Waals surface area contributed by atoms with Gasteiger partial charge in [0.1, 0.15) is 12.6 Å². The summed E-state index contributed by atoms with van der Waals surface area (Å²) in [5.74, 6) is -2.61. The first-order valence-corrected chi connectivity index (χ1v) is 7.14. The van der Waals surface area contributed by atoms with E-state index in [1.807, 2.05) is 0 Å². The van der Waals surface area contributed by atoms with Crippen molar-refractivity contribution < 1.29 is 27.9 Å². The molecule has 1 aromatic carbocycles. The maximum absolute atomic E-state index is 12.3. The zero-order valence-corrected chi connectivity index (χ0v) is 13.1. The van der Waals surface area contributed by atoms with Crippen LogP contribution < -0.4 is 5.32 Å².